The van der Waals surface area contributed by atoms with Gasteiger partial charge in [0.2, 0.25) is 0 Å². The van der Waals surface area contributed by atoms with Crippen molar-refractivity contribution in [3.8, 4) is 0 Å². The fraction of sp³-hybridized carbons (Fsp3) is 1.00. The Morgan fingerprint density at radius 3 is 1.33 bits per heavy atom. The van der Waals surface area contributed by atoms with Crippen molar-refractivity contribution in [2.45, 2.75) is 82.7 Å². The van der Waals surface area contributed by atoms with Crippen molar-refractivity contribution in [1.29, 1.82) is 0 Å². The molecule has 0 aliphatic heterocycles. The van der Waals surface area contributed by atoms with Crippen LogP contribution < -0.4 is 0 Å². The molecule has 0 spiro atoms. The van der Waals surface area contributed by atoms with Gasteiger partial charge in [-0.25, -0.2) is 0 Å². The van der Waals surface area contributed by atoms with E-state index in [0.717, 1.165) is 3.17 Å². The Morgan fingerprint density at radius 2 is 1.07 bits per heavy atom. The van der Waals surface area contributed by atoms with Gasteiger partial charge in [-0.05, 0) is 0 Å². The zero-order chi connectivity index (χ0) is 10.9. The first-order valence-corrected chi connectivity index (χ1v) is 12.5. The van der Waals surface area contributed by atoms with E-state index in [1.807, 2.05) is 0 Å². The van der Waals surface area contributed by atoms with Crippen LogP contribution in [0.4, 0.5) is 0 Å². The van der Waals surface area contributed by atoms with Gasteiger partial charge in [0.05, 0.1) is 0 Å². The Labute approximate surface area is 104 Å². The van der Waals surface area contributed by atoms with Gasteiger partial charge in [0.1, 0.15) is 0 Å². The Hall–Kier alpha value is 0.870. The van der Waals surface area contributed by atoms with Gasteiger partial charge in [-0.1, -0.05) is 0 Å². The van der Waals surface area contributed by atoms with Crippen LogP contribution in [0, 0.1) is 0 Å². The molecule has 2 aliphatic rings. The van der Waals surface area contributed by atoms with Crippen LogP contribution in [0.15, 0.2) is 0 Å². The summed E-state index contributed by atoms with van der Waals surface area (Å²) in [6, 6.07) is 0. The maximum absolute atomic E-state index is 2.57. The molecular weight excluding hydrogens is 283 g/mol. The second-order valence-corrected chi connectivity index (χ2v) is 20.3. The third kappa shape index (κ3) is 2.96. The van der Waals surface area contributed by atoms with Crippen LogP contribution in [-0.4, -0.2) is 21.4 Å². The quantitative estimate of drug-likeness (QED) is 0.660. The molecule has 15 heavy (non-hydrogen) atoms. The second kappa shape index (κ2) is 5.02. The molecule has 2 saturated carbocycles. The van der Waals surface area contributed by atoms with Gasteiger partial charge in [0.15, 0.2) is 0 Å². The first kappa shape index (κ1) is 12.3. The Balaban J connectivity index is 2.07. The van der Waals surface area contributed by atoms with E-state index in [9.17, 15) is 0 Å². The van der Waals surface area contributed by atoms with Gasteiger partial charge in [-0.2, -0.15) is 0 Å². The van der Waals surface area contributed by atoms with Crippen LogP contribution in [0.2, 0.25) is 10.5 Å². The van der Waals surface area contributed by atoms with Crippen molar-refractivity contribution < 1.29 is 0 Å². The first-order valence-electron chi connectivity index (χ1n) is 7.09. The average Bonchev–Trinajstić information content (AvgIpc) is 2.73. The van der Waals surface area contributed by atoms with Gasteiger partial charge < -0.3 is 0 Å². The molecule has 0 saturated heterocycles. The van der Waals surface area contributed by atoms with Crippen LogP contribution in [0.5, 0.6) is 0 Å². The van der Waals surface area contributed by atoms with E-state index in [-0.39, 0.29) is 0 Å². The minimum atomic E-state index is -1.32. The van der Waals surface area contributed by atoms with Gasteiger partial charge in [-0.3, -0.25) is 0 Å². The van der Waals surface area contributed by atoms with E-state index in [2.05, 4.69) is 20.8 Å². The molecule has 0 atom stereocenters. The van der Waals surface area contributed by atoms with Crippen LogP contribution in [0.25, 0.3) is 0 Å². The fourth-order valence-corrected chi connectivity index (χ4v) is 21.5. The van der Waals surface area contributed by atoms with Crippen LogP contribution in [0.1, 0.15) is 72.1 Å². The van der Waals surface area contributed by atoms with E-state index in [1.54, 1.807) is 51.4 Å². The first-order chi connectivity index (χ1) is 7.09. The van der Waals surface area contributed by atoms with E-state index < -0.39 is 21.4 Å². The van der Waals surface area contributed by atoms with Gasteiger partial charge in [-0.15, -0.1) is 0 Å². The molecule has 2 rings (SSSR count). The number of hydrogen-bond acceptors (Lipinski definition) is 0. The Kier molecular flexibility index (Phi) is 4.13. The summed E-state index contributed by atoms with van der Waals surface area (Å²) < 4.78 is 3.30. The number of hydrogen-bond donors (Lipinski definition) is 0. The summed E-state index contributed by atoms with van der Waals surface area (Å²) in [5, 5.41) is 0. The summed E-state index contributed by atoms with van der Waals surface area (Å²) in [7, 11) is 0. The molecule has 1 heteroatoms. The van der Waals surface area contributed by atoms with Crippen LogP contribution in [-0.2, 0) is 0 Å². The molecule has 0 heterocycles. The molecule has 0 aromatic heterocycles. The number of rotatable bonds is 2. The topological polar surface area (TPSA) is 0 Å². The van der Waals surface area contributed by atoms with E-state index >= 15 is 0 Å². The summed E-state index contributed by atoms with van der Waals surface area (Å²) in [5.74, 6) is 0. The van der Waals surface area contributed by atoms with Gasteiger partial charge in [0.25, 0.3) is 0 Å². The summed E-state index contributed by atoms with van der Waals surface area (Å²) in [6.45, 7) is 7.72. The molecule has 2 aliphatic carbocycles. The van der Waals surface area contributed by atoms with E-state index in [4.69, 9.17) is 0 Å². The zero-order valence-electron chi connectivity index (χ0n) is 10.9. The molecule has 0 amide bonds. The molecule has 0 unspecified atom stereocenters. The van der Waals surface area contributed by atoms with Crippen molar-refractivity contribution in [3.05, 3.63) is 0 Å². The maximum atomic E-state index is 2.57. The predicted molar refractivity (Wildman–Crippen MR) is 69.9 cm³/mol. The van der Waals surface area contributed by atoms with Crippen molar-refractivity contribution >= 4 is 21.4 Å². The molecule has 0 nitrogen and oxygen atoms in total. The summed E-state index contributed by atoms with van der Waals surface area (Å²) in [6.07, 6.45) is 12.7. The van der Waals surface area contributed by atoms with Gasteiger partial charge >= 0.3 is 104 Å². The molecule has 2 fully saturated rings. The summed E-state index contributed by atoms with van der Waals surface area (Å²) >= 11 is -1.32. The molecule has 0 aromatic rings. The summed E-state index contributed by atoms with van der Waals surface area (Å²) in [4.78, 5) is 0. The van der Waals surface area contributed by atoms with E-state index in [1.165, 1.54) is 7.35 Å². The molecule has 0 radical (unpaired) electrons. The molecule has 0 N–H and O–H groups in total. The normalized spacial score (nSPS) is 25.0. The van der Waals surface area contributed by atoms with E-state index in [0.29, 0.717) is 0 Å². The van der Waals surface area contributed by atoms with Crippen molar-refractivity contribution in [2.24, 2.45) is 0 Å². The summed E-state index contributed by atoms with van der Waals surface area (Å²) in [5.41, 5.74) is 0. The van der Waals surface area contributed by atoms with Crippen LogP contribution >= 0.6 is 0 Å². The standard InChI is InChI=1S/2C5H9.C4H9.In/c2*1-2-4-5-3-1;1-4(2)3;/h2*1H,2-5H2;1-3H3;. The van der Waals surface area contributed by atoms with Crippen molar-refractivity contribution in [3.63, 3.8) is 0 Å². The Morgan fingerprint density at radius 1 is 0.733 bits per heavy atom. The second-order valence-electron chi connectivity index (χ2n) is 6.98. The van der Waals surface area contributed by atoms with Crippen molar-refractivity contribution in [1.82, 2.24) is 0 Å². The average molecular weight is 310 g/mol. The predicted octanol–water partition coefficient (Wildman–Crippen LogP) is 5.17. The van der Waals surface area contributed by atoms with Gasteiger partial charge in [0, 0.05) is 0 Å². The molecule has 86 valence electrons. The monoisotopic (exact) mass is 310 g/mol. The van der Waals surface area contributed by atoms with Crippen LogP contribution in [0.3, 0.4) is 0 Å². The fourth-order valence-electron chi connectivity index (χ4n) is 4.43. The SMILES string of the molecule is C[C](C)(C)[In]([CH]1CCCC1)[CH]1CCCC1. The molecule has 0 aromatic carbocycles. The Bertz CT molecular complexity index is 176. The minimum absolute atomic E-state index is 0.756. The van der Waals surface area contributed by atoms with Crippen molar-refractivity contribution in [2.75, 3.05) is 0 Å². The zero-order valence-corrected chi connectivity index (χ0v) is 14.2. The molecule has 0 bridgehead atoms. The third-order valence-electron chi connectivity index (χ3n) is 4.82. The molecular formula is C14H27In. The third-order valence-corrected chi connectivity index (χ3v) is 20.1.